The van der Waals surface area contributed by atoms with Gasteiger partial charge in [-0.2, -0.15) is 0 Å². The van der Waals surface area contributed by atoms with Gasteiger partial charge in [0.15, 0.2) is 0 Å². The molecule has 0 aliphatic heterocycles. The van der Waals surface area contributed by atoms with E-state index in [-0.39, 0.29) is 6.10 Å². The van der Waals surface area contributed by atoms with Crippen LogP contribution < -0.4 is 5.32 Å². The zero-order valence-electron chi connectivity index (χ0n) is 11.2. The maximum atomic E-state index is 9.81. The van der Waals surface area contributed by atoms with Crippen molar-refractivity contribution in [2.24, 2.45) is 5.92 Å². The minimum atomic E-state index is -0.0633. The van der Waals surface area contributed by atoms with E-state index in [9.17, 15) is 5.11 Å². The van der Waals surface area contributed by atoms with E-state index in [1.165, 1.54) is 35.7 Å². The SMILES string of the molecule is OC1CCCC1CNC1CC(c2ccccc2Br)C1. The van der Waals surface area contributed by atoms with Crippen LogP contribution in [-0.2, 0) is 0 Å². The van der Waals surface area contributed by atoms with E-state index in [4.69, 9.17) is 0 Å². The van der Waals surface area contributed by atoms with Crippen LogP contribution in [0, 0.1) is 5.92 Å². The Morgan fingerprint density at radius 1 is 1.21 bits per heavy atom. The molecule has 3 rings (SSSR count). The van der Waals surface area contributed by atoms with Crippen molar-refractivity contribution < 1.29 is 5.11 Å². The summed E-state index contributed by atoms with van der Waals surface area (Å²) >= 11 is 3.64. The highest BCUT2D eigenvalue weighted by Gasteiger charge is 2.32. The number of nitrogens with one attached hydrogen (secondary N) is 1. The van der Waals surface area contributed by atoms with Crippen LogP contribution >= 0.6 is 15.9 Å². The summed E-state index contributed by atoms with van der Waals surface area (Å²) in [6.07, 6.45) is 5.77. The molecule has 2 nitrogen and oxygen atoms in total. The second-order valence-electron chi connectivity index (χ2n) is 6.05. The summed E-state index contributed by atoms with van der Waals surface area (Å²) in [4.78, 5) is 0. The molecule has 2 aliphatic rings. The summed E-state index contributed by atoms with van der Waals surface area (Å²) in [5.41, 5.74) is 1.45. The van der Waals surface area contributed by atoms with Crippen molar-refractivity contribution in [3.8, 4) is 0 Å². The predicted octanol–water partition coefficient (Wildman–Crippen LogP) is 3.45. The Labute approximate surface area is 123 Å². The first kappa shape index (κ1) is 13.6. The van der Waals surface area contributed by atoms with Crippen molar-refractivity contribution in [2.45, 2.75) is 50.2 Å². The van der Waals surface area contributed by atoms with Gasteiger partial charge in [-0.15, -0.1) is 0 Å². The van der Waals surface area contributed by atoms with Gasteiger partial charge in [0, 0.05) is 17.1 Å². The fraction of sp³-hybridized carbons (Fsp3) is 0.625. The first-order valence-electron chi connectivity index (χ1n) is 7.40. The molecule has 0 bridgehead atoms. The zero-order chi connectivity index (χ0) is 13.2. The van der Waals surface area contributed by atoms with Gasteiger partial charge in [-0.05, 0) is 49.1 Å². The Balaban J connectivity index is 1.44. The van der Waals surface area contributed by atoms with Crippen LogP contribution in [-0.4, -0.2) is 23.8 Å². The third kappa shape index (κ3) is 3.04. The summed E-state index contributed by atoms with van der Waals surface area (Å²) in [5, 5.41) is 13.4. The first-order chi connectivity index (χ1) is 9.24. The number of benzene rings is 1. The lowest BCUT2D eigenvalue weighted by molar-refractivity contribution is 0.125. The van der Waals surface area contributed by atoms with Gasteiger partial charge in [-0.1, -0.05) is 40.5 Å². The second kappa shape index (κ2) is 5.94. The van der Waals surface area contributed by atoms with E-state index in [1.807, 2.05) is 0 Å². The summed E-state index contributed by atoms with van der Waals surface area (Å²) in [5.74, 6) is 1.18. The van der Waals surface area contributed by atoms with Crippen molar-refractivity contribution in [2.75, 3.05) is 6.54 Å². The Bertz CT molecular complexity index is 431. The lowest BCUT2D eigenvalue weighted by atomic mass is 9.75. The predicted molar refractivity (Wildman–Crippen MR) is 81.3 cm³/mol. The molecule has 0 spiro atoms. The highest BCUT2D eigenvalue weighted by molar-refractivity contribution is 9.10. The highest BCUT2D eigenvalue weighted by Crippen LogP contribution is 2.40. The number of aliphatic hydroxyl groups excluding tert-OH is 1. The molecule has 2 N–H and O–H groups in total. The van der Waals surface area contributed by atoms with Gasteiger partial charge >= 0.3 is 0 Å². The molecule has 2 atom stereocenters. The van der Waals surface area contributed by atoms with Crippen LogP contribution in [0.25, 0.3) is 0 Å². The molecule has 19 heavy (non-hydrogen) atoms. The number of halogens is 1. The molecule has 2 saturated carbocycles. The van der Waals surface area contributed by atoms with Crippen LogP contribution in [0.5, 0.6) is 0 Å². The quantitative estimate of drug-likeness (QED) is 0.889. The van der Waals surface area contributed by atoms with Crippen molar-refractivity contribution in [1.29, 1.82) is 0 Å². The molecule has 104 valence electrons. The Hall–Kier alpha value is -0.380. The van der Waals surface area contributed by atoms with Gasteiger partial charge in [-0.3, -0.25) is 0 Å². The van der Waals surface area contributed by atoms with Crippen LogP contribution in [0.3, 0.4) is 0 Å². The Morgan fingerprint density at radius 2 is 2.00 bits per heavy atom. The molecule has 1 aromatic carbocycles. The molecule has 3 heteroatoms. The van der Waals surface area contributed by atoms with Crippen LogP contribution in [0.1, 0.15) is 43.6 Å². The van der Waals surface area contributed by atoms with Crippen molar-refractivity contribution in [1.82, 2.24) is 5.32 Å². The molecule has 0 radical (unpaired) electrons. The number of rotatable bonds is 4. The number of hydrogen-bond donors (Lipinski definition) is 2. The van der Waals surface area contributed by atoms with E-state index in [0.717, 1.165) is 13.0 Å². The molecular formula is C16H22BrNO. The molecule has 2 aliphatic carbocycles. The summed E-state index contributed by atoms with van der Waals surface area (Å²) in [6, 6.07) is 9.19. The average Bonchev–Trinajstić information content (AvgIpc) is 2.75. The fourth-order valence-corrected chi connectivity index (χ4v) is 4.03. The molecule has 0 saturated heterocycles. The fourth-order valence-electron chi connectivity index (χ4n) is 3.42. The Kier molecular flexibility index (Phi) is 4.25. The smallest absolute Gasteiger partial charge is 0.0580 e. The third-order valence-corrected chi connectivity index (χ3v) is 5.49. The Morgan fingerprint density at radius 3 is 2.68 bits per heavy atom. The lowest BCUT2D eigenvalue weighted by Crippen LogP contribution is -2.43. The normalized spacial score (nSPS) is 34.2. The number of hydrogen-bond acceptors (Lipinski definition) is 2. The monoisotopic (exact) mass is 323 g/mol. The van der Waals surface area contributed by atoms with E-state index in [0.29, 0.717) is 17.9 Å². The van der Waals surface area contributed by atoms with E-state index in [1.54, 1.807) is 0 Å². The molecule has 1 aromatic rings. The van der Waals surface area contributed by atoms with Gasteiger partial charge in [0.05, 0.1) is 6.10 Å². The summed E-state index contributed by atoms with van der Waals surface area (Å²) < 4.78 is 1.24. The molecular weight excluding hydrogens is 302 g/mol. The first-order valence-corrected chi connectivity index (χ1v) is 8.19. The maximum absolute atomic E-state index is 9.81. The van der Waals surface area contributed by atoms with Gasteiger partial charge in [0.1, 0.15) is 0 Å². The zero-order valence-corrected chi connectivity index (χ0v) is 12.8. The molecule has 0 aromatic heterocycles. The standard InChI is InChI=1S/C16H22BrNO/c17-15-6-2-1-5-14(15)12-8-13(9-12)18-10-11-4-3-7-16(11)19/h1-2,5-6,11-13,16,18-19H,3-4,7-10H2. The third-order valence-electron chi connectivity index (χ3n) is 4.77. The second-order valence-corrected chi connectivity index (χ2v) is 6.91. The summed E-state index contributed by atoms with van der Waals surface area (Å²) in [6.45, 7) is 0.995. The van der Waals surface area contributed by atoms with Crippen molar-refractivity contribution in [3.05, 3.63) is 34.3 Å². The molecule has 2 fully saturated rings. The number of aliphatic hydroxyl groups is 1. The average molecular weight is 324 g/mol. The van der Waals surface area contributed by atoms with E-state index >= 15 is 0 Å². The topological polar surface area (TPSA) is 32.3 Å². The van der Waals surface area contributed by atoms with E-state index in [2.05, 4.69) is 45.5 Å². The van der Waals surface area contributed by atoms with E-state index < -0.39 is 0 Å². The molecule has 0 amide bonds. The molecule has 2 unspecified atom stereocenters. The highest BCUT2D eigenvalue weighted by atomic mass is 79.9. The van der Waals surface area contributed by atoms with Gasteiger partial charge in [0.2, 0.25) is 0 Å². The lowest BCUT2D eigenvalue weighted by Gasteiger charge is -2.37. The van der Waals surface area contributed by atoms with Crippen molar-refractivity contribution >= 4 is 15.9 Å². The minimum Gasteiger partial charge on any atom is -0.393 e. The minimum absolute atomic E-state index is 0.0633. The van der Waals surface area contributed by atoms with Crippen LogP contribution in [0.2, 0.25) is 0 Å². The van der Waals surface area contributed by atoms with Crippen LogP contribution in [0.4, 0.5) is 0 Å². The summed E-state index contributed by atoms with van der Waals surface area (Å²) in [7, 11) is 0. The van der Waals surface area contributed by atoms with Gasteiger partial charge in [0.25, 0.3) is 0 Å². The van der Waals surface area contributed by atoms with Gasteiger partial charge in [-0.25, -0.2) is 0 Å². The molecule has 0 heterocycles. The van der Waals surface area contributed by atoms with Crippen molar-refractivity contribution in [3.63, 3.8) is 0 Å². The van der Waals surface area contributed by atoms with Gasteiger partial charge < -0.3 is 10.4 Å². The maximum Gasteiger partial charge on any atom is 0.0580 e. The largest absolute Gasteiger partial charge is 0.393 e. The van der Waals surface area contributed by atoms with Crippen LogP contribution in [0.15, 0.2) is 28.7 Å².